The van der Waals surface area contributed by atoms with Crippen LogP contribution in [0.1, 0.15) is 11.1 Å². The molecule has 2 aliphatic heterocycles. The number of anilines is 1. The zero-order valence-electron chi connectivity index (χ0n) is 16.2. The van der Waals surface area contributed by atoms with Crippen LogP contribution in [-0.4, -0.2) is 48.9 Å². The van der Waals surface area contributed by atoms with Crippen molar-refractivity contribution in [2.24, 2.45) is 4.99 Å². The first-order valence-corrected chi connectivity index (χ1v) is 12.0. The van der Waals surface area contributed by atoms with E-state index >= 15 is 0 Å². The van der Waals surface area contributed by atoms with Gasteiger partial charge in [-0.25, -0.2) is 8.42 Å². The van der Waals surface area contributed by atoms with Crippen LogP contribution >= 0.6 is 11.8 Å². The summed E-state index contributed by atoms with van der Waals surface area (Å²) < 4.78 is 29.9. The van der Waals surface area contributed by atoms with Gasteiger partial charge in [0.05, 0.1) is 17.5 Å². The van der Waals surface area contributed by atoms with Gasteiger partial charge in [-0.1, -0.05) is 36.0 Å². The highest BCUT2D eigenvalue weighted by Crippen LogP contribution is 2.41. The van der Waals surface area contributed by atoms with E-state index in [-0.39, 0.29) is 29.4 Å². The number of hydrogen-bond acceptors (Lipinski definition) is 5. The fourth-order valence-electron chi connectivity index (χ4n) is 3.76. The Morgan fingerprint density at radius 2 is 1.83 bits per heavy atom. The molecule has 6 nitrogen and oxygen atoms in total. The Morgan fingerprint density at radius 3 is 2.52 bits per heavy atom. The summed E-state index contributed by atoms with van der Waals surface area (Å²) in [6.45, 7) is 3.83. The van der Waals surface area contributed by atoms with Crippen LogP contribution in [0.25, 0.3) is 0 Å². The number of carbonyl (C=O) groups excluding carboxylic acids is 1. The lowest BCUT2D eigenvalue weighted by atomic mass is 10.1. The molecular formula is C21H22N2O4S2. The van der Waals surface area contributed by atoms with Crippen molar-refractivity contribution in [2.45, 2.75) is 25.1 Å². The molecule has 0 saturated carbocycles. The van der Waals surface area contributed by atoms with Crippen molar-refractivity contribution in [2.75, 3.05) is 23.0 Å². The van der Waals surface area contributed by atoms with Crippen molar-refractivity contribution in [3.05, 3.63) is 59.7 Å². The van der Waals surface area contributed by atoms with Crippen LogP contribution in [-0.2, 0) is 14.6 Å². The minimum absolute atomic E-state index is 0.0748. The molecule has 0 spiro atoms. The second kappa shape index (κ2) is 7.84. The lowest BCUT2D eigenvalue weighted by Gasteiger charge is -2.25. The second-order valence-electron chi connectivity index (χ2n) is 7.41. The van der Waals surface area contributed by atoms with E-state index in [0.717, 1.165) is 16.8 Å². The Bertz CT molecular complexity index is 1050. The van der Waals surface area contributed by atoms with Crippen molar-refractivity contribution in [1.82, 2.24) is 0 Å². The molecule has 0 N–H and O–H groups in total. The van der Waals surface area contributed by atoms with Crippen LogP contribution in [0.2, 0.25) is 0 Å². The van der Waals surface area contributed by atoms with Gasteiger partial charge in [-0.05, 0) is 49.2 Å². The predicted molar refractivity (Wildman–Crippen MR) is 117 cm³/mol. The Balaban J connectivity index is 1.60. The summed E-state index contributed by atoms with van der Waals surface area (Å²) in [5, 5.41) is 0.420. The first kappa shape index (κ1) is 20.0. The number of aryl methyl sites for hydroxylation is 2. The average molecular weight is 431 g/mol. The third-order valence-electron chi connectivity index (χ3n) is 4.88. The average Bonchev–Trinajstić information content (AvgIpc) is 3.10. The number of sulfone groups is 1. The molecule has 152 valence electrons. The molecule has 0 bridgehead atoms. The maximum atomic E-state index is 12.5. The van der Waals surface area contributed by atoms with E-state index in [4.69, 9.17) is 4.74 Å². The summed E-state index contributed by atoms with van der Waals surface area (Å²) in [7, 11) is -3.09. The van der Waals surface area contributed by atoms with Gasteiger partial charge in [0.25, 0.3) is 5.91 Å². The van der Waals surface area contributed by atoms with E-state index in [1.165, 1.54) is 11.8 Å². The lowest BCUT2D eigenvalue weighted by Crippen LogP contribution is -2.38. The maximum Gasteiger partial charge on any atom is 0.285 e. The van der Waals surface area contributed by atoms with Crippen LogP contribution in [0.3, 0.4) is 0 Å². The number of thioether (sulfide) groups is 1. The quantitative estimate of drug-likeness (QED) is 0.742. The summed E-state index contributed by atoms with van der Waals surface area (Å²) in [5.41, 5.74) is 3.02. The van der Waals surface area contributed by atoms with Crippen LogP contribution in [0.4, 0.5) is 5.69 Å². The van der Waals surface area contributed by atoms with Gasteiger partial charge >= 0.3 is 0 Å². The molecule has 2 aromatic rings. The second-order valence-corrected chi connectivity index (χ2v) is 10.8. The van der Waals surface area contributed by atoms with Gasteiger partial charge in [0.2, 0.25) is 0 Å². The molecule has 0 aromatic heterocycles. The summed E-state index contributed by atoms with van der Waals surface area (Å²) in [6, 6.07) is 15.0. The number of para-hydroxylation sites is 1. The van der Waals surface area contributed by atoms with Crippen molar-refractivity contribution >= 4 is 38.4 Å². The van der Waals surface area contributed by atoms with Crippen molar-refractivity contribution in [1.29, 1.82) is 0 Å². The monoisotopic (exact) mass is 430 g/mol. The number of aliphatic imine (C=N–C) groups is 1. The fourth-order valence-corrected chi connectivity index (χ4v) is 7.69. The van der Waals surface area contributed by atoms with Crippen LogP contribution in [0, 0.1) is 13.8 Å². The predicted octanol–water partition coefficient (Wildman–Crippen LogP) is 2.98. The van der Waals surface area contributed by atoms with Crippen LogP contribution in [0.15, 0.2) is 53.5 Å². The Labute approximate surface area is 174 Å². The van der Waals surface area contributed by atoms with E-state index in [9.17, 15) is 13.2 Å². The van der Waals surface area contributed by atoms with Crippen molar-refractivity contribution in [3.8, 4) is 5.75 Å². The molecule has 2 saturated heterocycles. The number of amides is 1. The molecule has 0 radical (unpaired) electrons. The third-order valence-corrected chi connectivity index (χ3v) is 8.09. The van der Waals surface area contributed by atoms with E-state index in [1.54, 1.807) is 12.1 Å². The maximum absolute atomic E-state index is 12.5. The molecule has 29 heavy (non-hydrogen) atoms. The van der Waals surface area contributed by atoms with Crippen molar-refractivity contribution < 1.29 is 17.9 Å². The normalized spacial score (nSPS) is 23.9. The largest absolute Gasteiger partial charge is 0.484 e. The number of benzene rings is 2. The third kappa shape index (κ3) is 4.48. The van der Waals surface area contributed by atoms with Gasteiger partial charge in [-0.3, -0.25) is 4.79 Å². The van der Waals surface area contributed by atoms with Gasteiger partial charge in [-0.15, -0.1) is 0 Å². The zero-order valence-corrected chi connectivity index (χ0v) is 17.9. The van der Waals surface area contributed by atoms with Crippen LogP contribution < -0.4 is 9.64 Å². The molecular weight excluding hydrogens is 408 g/mol. The number of amidine groups is 1. The number of hydrogen-bond donors (Lipinski definition) is 0. The molecule has 1 amide bonds. The highest BCUT2D eigenvalue weighted by atomic mass is 32.2. The number of nitrogens with zero attached hydrogens (tertiary/aromatic N) is 2. The fraction of sp³-hybridized carbons (Fsp3) is 0.333. The van der Waals surface area contributed by atoms with Gasteiger partial charge in [0.1, 0.15) is 5.75 Å². The molecule has 0 aliphatic carbocycles. The molecule has 4 rings (SSSR count). The molecule has 2 aromatic carbocycles. The highest BCUT2D eigenvalue weighted by molar-refractivity contribution is 8.16. The molecule has 0 unspecified atom stereocenters. The van der Waals surface area contributed by atoms with Crippen molar-refractivity contribution in [3.63, 3.8) is 0 Å². The number of rotatable bonds is 4. The number of carbonyl (C=O) groups is 1. The smallest absolute Gasteiger partial charge is 0.285 e. The number of fused-ring (bicyclic) bond motifs is 1. The van der Waals surface area contributed by atoms with E-state index in [2.05, 4.69) is 11.1 Å². The van der Waals surface area contributed by atoms with Gasteiger partial charge in [-0.2, -0.15) is 4.99 Å². The molecule has 2 heterocycles. The minimum Gasteiger partial charge on any atom is -0.484 e. The molecule has 2 aliphatic rings. The van der Waals surface area contributed by atoms with Crippen LogP contribution in [0.5, 0.6) is 5.75 Å². The standard InChI is InChI=1S/C21H22N2O4S2/c1-14-8-15(2)10-16(9-14)23-18-12-29(25,26)13-19(18)28-21(23)22-20(24)11-27-17-6-4-3-5-7-17/h3-10,18-19H,11-13H2,1-2H3/t18-,19-/m0/s1. The topological polar surface area (TPSA) is 76.0 Å². The SMILES string of the molecule is Cc1cc(C)cc(N2C(=NC(=O)COc3ccccc3)S[C@H]3CS(=O)(=O)C[C@@H]32)c1. The Kier molecular flexibility index (Phi) is 5.40. The summed E-state index contributed by atoms with van der Waals surface area (Å²) in [6.07, 6.45) is 0. The lowest BCUT2D eigenvalue weighted by molar-refractivity contribution is -0.119. The van der Waals surface area contributed by atoms with E-state index in [1.807, 2.05) is 49.1 Å². The molecule has 2 fully saturated rings. The summed E-state index contributed by atoms with van der Waals surface area (Å²) in [4.78, 5) is 18.7. The summed E-state index contributed by atoms with van der Waals surface area (Å²) >= 11 is 1.37. The Morgan fingerprint density at radius 1 is 1.14 bits per heavy atom. The first-order valence-electron chi connectivity index (χ1n) is 9.35. The van der Waals surface area contributed by atoms with Gasteiger partial charge < -0.3 is 9.64 Å². The van der Waals surface area contributed by atoms with E-state index in [0.29, 0.717) is 10.9 Å². The first-order chi connectivity index (χ1) is 13.8. The zero-order chi connectivity index (χ0) is 20.6. The van der Waals surface area contributed by atoms with Gasteiger partial charge in [0.15, 0.2) is 21.6 Å². The molecule has 2 atom stereocenters. The van der Waals surface area contributed by atoms with Gasteiger partial charge in [0, 0.05) is 10.9 Å². The molecule has 8 heteroatoms. The highest BCUT2D eigenvalue weighted by Gasteiger charge is 2.49. The number of ether oxygens (including phenoxy) is 1. The van der Waals surface area contributed by atoms with E-state index < -0.39 is 15.7 Å². The Hall–Kier alpha value is -2.32. The minimum atomic E-state index is -3.09. The summed E-state index contributed by atoms with van der Waals surface area (Å²) in [5.74, 6) is 0.394.